The van der Waals surface area contributed by atoms with Gasteiger partial charge in [0.1, 0.15) is 35.6 Å². The lowest BCUT2D eigenvalue weighted by Gasteiger charge is -2.13. The molecular weight excluding hydrogens is 556 g/mol. The maximum atomic E-state index is 15.5. The van der Waals surface area contributed by atoms with E-state index in [2.05, 4.69) is 4.98 Å². The van der Waals surface area contributed by atoms with Crippen molar-refractivity contribution in [2.45, 2.75) is 19.6 Å². The molecule has 1 N–H and O–H groups in total. The third kappa shape index (κ3) is 6.47. The SMILES string of the molecule is COCCn1c(Cc2ccc(-c3cc(OC)cc(OCc4ccc(C#N)cc4F)c3)cc2F)nc2ccc(C(=O)O)cc21. The molecule has 0 saturated heterocycles. The van der Waals surface area contributed by atoms with Gasteiger partial charge in [-0.25, -0.2) is 18.6 Å². The Morgan fingerprint density at radius 3 is 2.40 bits per heavy atom. The first-order valence-electron chi connectivity index (χ1n) is 13.3. The van der Waals surface area contributed by atoms with Crippen LogP contribution in [0.25, 0.3) is 22.2 Å². The van der Waals surface area contributed by atoms with Crippen LogP contribution in [0.3, 0.4) is 0 Å². The molecule has 1 aromatic heterocycles. The number of nitrogens with zero attached hydrogens (tertiary/aromatic N) is 3. The number of nitriles is 1. The minimum atomic E-state index is -1.04. The minimum absolute atomic E-state index is 0.0739. The quantitative estimate of drug-likeness (QED) is 0.192. The molecule has 5 aromatic rings. The van der Waals surface area contributed by atoms with Gasteiger partial charge in [0.15, 0.2) is 0 Å². The molecule has 8 nitrogen and oxygen atoms in total. The van der Waals surface area contributed by atoms with Gasteiger partial charge in [-0.3, -0.25) is 0 Å². The fourth-order valence-electron chi connectivity index (χ4n) is 4.75. The van der Waals surface area contributed by atoms with Gasteiger partial charge in [0.05, 0.1) is 41.9 Å². The van der Waals surface area contributed by atoms with E-state index in [4.69, 9.17) is 19.5 Å². The topological polar surface area (TPSA) is 107 Å². The van der Waals surface area contributed by atoms with Gasteiger partial charge in [-0.2, -0.15) is 5.26 Å². The molecule has 0 unspecified atom stereocenters. The second-order valence-electron chi connectivity index (χ2n) is 9.77. The Morgan fingerprint density at radius 1 is 0.930 bits per heavy atom. The van der Waals surface area contributed by atoms with Gasteiger partial charge in [0, 0.05) is 31.7 Å². The van der Waals surface area contributed by atoms with Gasteiger partial charge in [-0.05, 0) is 65.2 Å². The first kappa shape index (κ1) is 29.2. The summed E-state index contributed by atoms with van der Waals surface area (Å²) in [6.45, 7) is 0.717. The Bertz CT molecular complexity index is 1860. The van der Waals surface area contributed by atoms with Gasteiger partial charge in [-0.1, -0.05) is 18.2 Å². The molecule has 1 heterocycles. The zero-order valence-electron chi connectivity index (χ0n) is 23.4. The van der Waals surface area contributed by atoms with Crippen LogP contribution in [0.15, 0.2) is 72.8 Å². The van der Waals surface area contributed by atoms with Crippen molar-refractivity contribution in [3.63, 3.8) is 0 Å². The lowest BCUT2D eigenvalue weighted by molar-refractivity contribution is 0.0697. The summed E-state index contributed by atoms with van der Waals surface area (Å²) in [5.74, 6) is -0.581. The van der Waals surface area contributed by atoms with Crippen molar-refractivity contribution < 1.29 is 32.9 Å². The van der Waals surface area contributed by atoms with Crippen LogP contribution in [-0.4, -0.2) is 41.5 Å². The van der Waals surface area contributed by atoms with Crippen LogP contribution in [0, 0.1) is 23.0 Å². The highest BCUT2D eigenvalue weighted by Crippen LogP contribution is 2.32. The van der Waals surface area contributed by atoms with E-state index in [1.165, 1.54) is 31.4 Å². The van der Waals surface area contributed by atoms with Crippen LogP contribution in [0.2, 0.25) is 0 Å². The fourth-order valence-corrected chi connectivity index (χ4v) is 4.75. The summed E-state index contributed by atoms with van der Waals surface area (Å²) in [6.07, 6.45) is 0.176. The number of carbonyl (C=O) groups is 1. The summed E-state index contributed by atoms with van der Waals surface area (Å²) in [6, 6.07) is 20.7. The monoisotopic (exact) mass is 583 g/mol. The Hall–Kier alpha value is -5.27. The van der Waals surface area contributed by atoms with Gasteiger partial charge >= 0.3 is 5.97 Å². The number of ether oxygens (including phenoxy) is 3. The van der Waals surface area contributed by atoms with Gasteiger partial charge < -0.3 is 23.9 Å². The summed E-state index contributed by atoms with van der Waals surface area (Å²) in [5, 5.41) is 18.4. The summed E-state index contributed by atoms with van der Waals surface area (Å²) in [4.78, 5) is 16.2. The van der Waals surface area contributed by atoms with E-state index in [1.807, 2.05) is 10.6 Å². The Balaban J connectivity index is 1.41. The molecule has 0 bridgehead atoms. The number of imidazole rings is 1. The van der Waals surface area contributed by atoms with Crippen molar-refractivity contribution in [3.8, 4) is 28.7 Å². The highest BCUT2D eigenvalue weighted by atomic mass is 19.1. The van der Waals surface area contributed by atoms with Crippen LogP contribution in [0.4, 0.5) is 8.78 Å². The molecule has 0 atom stereocenters. The molecule has 0 radical (unpaired) electrons. The second kappa shape index (κ2) is 12.7. The molecule has 10 heteroatoms. The van der Waals surface area contributed by atoms with Crippen molar-refractivity contribution in [1.82, 2.24) is 9.55 Å². The smallest absolute Gasteiger partial charge is 0.335 e. The molecule has 0 aliphatic heterocycles. The fraction of sp³-hybridized carbons (Fsp3) is 0.182. The van der Waals surface area contributed by atoms with E-state index in [9.17, 15) is 14.3 Å². The third-order valence-electron chi connectivity index (χ3n) is 7.02. The van der Waals surface area contributed by atoms with Crippen molar-refractivity contribution in [2.24, 2.45) is 0 Å². The molecule has 4 aromatic carbocycles. The normalized spacial score (nSPS) is 11.0. The first-order chi connectivity index (χ1) is 20.8. The predicted molar refractivity (Wildman–Crippen MR) is 155 cm³/mol. The molecule has 5 rings (SSSR count). The van der Waals surface area contributed by atoms with Gasteiger partial charge in [0.2, 0.25) is 0 Å². The maximum Gasteiger partial charge on any atom is 0.335 e. The maximum absolute atomic E-state index is 15.5. The molecule has 0 spiro atoms. The summed E-state index contributed by atoms with van der Waals surface area (Å²) in [5.41, 5.74) is 3.50. The average molecular weight is 584 g/mol. The highest BCUT2D eigenvalue weighted by molar-refractivity contribution is 5.92. The van der Waals surface area contributed by atoms with Crippen LogP contribution < -0.4 is 9.47 Å². The summed E-state index contributed by atoms with van der Waals surface area (Å²) >= 11 is 0. The number of aromatic carboxylic acids is 1. The zero-order chi connectivity index (χ0) is 30.5. The van der Waals surface area contributed by atoms with Crippen molar-refractivity contribution in [3.05, 3.63) is 113 Å². The van der Waals surface area contributed by atoms with E-state index in [0.717, 1.165) is 6.07 Å². The minimum Gasteiger partial charge on any atom is -0.497 e. The number of hydrogen-bond acceptors (Lipinski definition) is 6. The van der Waals surface area contributed by atoms with E-state index in [-0.39, 0.29) is 29.7 Å². The third-order valence-corrected chi connectivity index (χ3v) is 7.02. The van der Waals surface area contributed by atoms with Gasteiger partial charge in [0.25, 0.3) is 0 Å². The Kier molecular flexibility index (Phi) is 8.64. The van der Waals surface area contributed by atoms with Crippen LogP contribution in [0.1, 0.15) is 32.9 Å². The number of rotatable bonds is 11. The van der Waals surface area contributed by atoms with E-state index < -0.39 is 17.6 Å². The largest absolute Gasteiger partial charge is 0.497 e. The molecule has 43 heavy (non-hydrogen) atoms. The lowest BCUT2D eigenvalue weighted by atomic mass is 10.0. The average Bonchev–Trinajstić information content (AvgIpc) is 3.35. The number of halogens is 2. The van der Waals surface area contributed by atoms with Crippen molar-refractivity contribution in [1.29, 1.82) is 5.26 Å². The van der Waals surface area contributed by atoms with Crippen LogP contribution >= 0.6 is 0 Å². The molecule has 0 amide bonds. The van der Waals surface area contributed by atoms with Crippen LogP contribution in [0.5, 0.6) is 11.5 Å². The van der Waals surface area contributed by atoms with E-state index >= 15 is 4.39 Å². The predicted octanol–water partition coefficient (Wildman–Crippen LogP) is 6.38. The first-order valence-corrected chi connectivity index (χ1v) is 13.3. The van der Waals surface area contributed by atoms with Crippen molar-refractivity contribution >= 4 is 17.0 Å². The molecule has 0 saturated carbocycles. The molecule has 0 aliphatic carbocycles. The number of carboxylic acid groups (broad SMARTS) is 1. The molecular formula is C33H27F2N3O5. The molecule has 0 aliphatic rings. The number of benzene rings is 4. The number of aromatic nitrogens is 2. The van der Waals surface area contributed by atoms with Gasteiger partial charge in [-0.15, -0.1) is 0 Å². The number of methoxy groups -OCH3 is 2. The summed E-state index contributed by atoms with van der Waals surface area (Å²) < 4.78 is 48.2. The number of fused-ring (bicyclic) bond motifs is 1. The lowest BCUT2D eigenvalue weighted by Crippen LogP contribution is -2.10. The van der Waals surface area contributed by atoms with Crippen LogP contribution in [-0.2, 0) is 24.3 Å². The Labute approximate surface area is 246 Å². The Morgan fingerprint density at radius 2 is 1.70 bits per heavy atom. The standard InChI is InChI=1S/C33H27F2N3O5/c1-41-10-9-38-31-15-23(33(39)40)7-8-30(31)37-32(38)16-22-6-5-21(14-29(22)35)25-12-26(42-2)17-27(13-25)43-19-24-4-3-20(18-36)11-28(24)34/h3-8,11-15,17H,9-10,16,19H2,1-2H3,(H,39,40). The van der Waals surface area contributed by atoms with Crippen molar-refractivity contribution in [2.75, 3.05) is 20.8 Å². The molecule has 0 fully saturated rings. The highest BCUT2D eigenvalue weighted by Gasteiger charge is 2.16. The van der Waals surface area contributed by atoms with E-state index in [1.54, 1.807) is 49.6 Å². The second-order valence-corrected chi connectivity index (χ2v) is 9.77. The summed E-state index contributed by atoms with van der Waals surface area (Å²) in [7, 11) is 3.07. The zero-order valence-corrected chi connectivity index (χ0v) is 23.4. The van der Waals surface area contributed by atoms with E-state index in [0.29, 0.717) is 58.2 Å². The number of hydrogen-bond donors (Lipinski definition) is 1. The number of carboxylic acids is 1. The molecule has 218 valence electrons.